The lowest BCUT2D eigenvalue weighted by molar-refractivity contribution is -0.128. The van der Waals surface area contributed by atoms with Crippen LogP contribution in [-0.4, -0.2) is 27.5 Å². The molecule has 28 heavy (non-hydrogen) atoms. The van der Waals surface area contributed by atoms with Crippen molar-refractivity contribution in [1.82, 2.24) is 15.0 Å². The number of nitrogens with zero attached hydrogens (tertiary/aromatic N) is 3. The van der Waals surface area contributed by atoms with Crippen LogP contribution in [0, 0.1) is 0 Å². The molecule has 1 fully saturated rings. The molecule has 5 nitrogen and oxygen atoms in total. The number of aromatic nitrogens is 2. The first-order valence-corrected chi connectivity index (χ1v) is 9.83. The Morgan fingerprint density at radius 2 is 2.00 bits per heavy atom. The average molecular weight is 396 g/mol. The third-order valence-electron chi connectivity index (χ3n) is 5.10. The van der Waals surface area contributed by atoms with E-state index in [9.17, 15) is 4.79 Å². The molecule has 0 saturated carbocycles. The van der Waals surface area contributed by atoms with Crippen LogP contribution in [0.15, 0.2) is 53.1 Å². The van der Waals surface area contributed by atoms with Crippen molar-refractivity contribution < 1.29 is 9.32 Å². The lowest BCUT2D eigenvalue weighted by Crippen LogP contribution is -2.24. The third kappa shape index (κ3) is 3.94. The number of carbonyl (C=O) groups is 1. The number of amides is 1. The molecule has 0 spiro atoms. The van der Waals surface area contributed by atoms with Crippen LogP contribution in [0.2, 0.25) is 5.02 Å². The van der Waals surface area contributed by atoms with E-state index in [4.69, 9.17) is 16.1 Å². The Morgan fingerprint density at radius 1 is 1.21 bits per heavy atom. The SMILES string of the molecule is CC(C)c1ccc(-c2noc(C3CC(=O)N(Cc4cccc(Cl)c4)C3)n2)cc1. The minimum atomic E-state index is -0.0807. The lowest BCUT2D eigenvalue weighted by Gasteiger charge is -2.16. The van der Waals surface area contributed by atoms with Crippen LogP contribution in [0.25, 0.3) is 11.4 Å². The van der Waals surface area contributed by atoms with Gasteiger partial charge in [-0.25, -0.2) is 0 Å². The molecule has 1 aliphatic rings. The number of halogens is 1. The van der Waals surface area contributed by atoms with E-state index in [-0.39, 0.29) is 11.8 Å². The van der Waals surface area contributed by atoms with Gasteiger partial charge in [0.2, 0.25) is 17.6 Å². The first-order chi connectivity index (χ1) is 13.5. The van der Waals surface area contributed by atoms with Gasteiger partial charge in [-0.05, 0) is 29.2 Å². The maximum Gasteiger partial charge on any atom is 0.232 e. The molecule has 1 saturated heterocycles. The van der Waals surface area contributed by atoms with Crippen molar-refractivity contribution >= 4 is 17.5 Å². The zero-order valence-corrected chi connectivity index (χ0v) is 16.7. The Balaban J connectivity index is 1.46. The summed E-state index contributed by atoms with van der Waals surface area (Å²) in [4.78, 5) is 18.8. The Morgan fingerprint density at radius 3 is 2.71 bits per heavy atom. The van der Waals surface area contributed by atoms with Crippen molar-refractivity contribution in [1.29, 1.82) is 0 Å². The summed E-state index contributed by atoms with van der Waals surface area (Å²) in [6.45, 7) is 5.42. The first kappa shape index (κ1) is 18.7. The lowest BCUT2D eigenvalue weighted by atomic mass is 10.0. The second-order valence-corrected chi connectivity index (χ2v) is 7.97. The Labute approximate surface area is 169 Å². The van der Waals surface area contributed by atoms with E-state index in [1.807, 2.05) is 41.3 Å². The molecule has 2 heterocycles. The Kier molecular flexibility index (Phi) is 5.18. The molecule has 2 aromatic carbocycles. The highest BCUT2D eigenvalue weighted by atomic mass is 35.5. The second kappa shape index (κ2) is 7.76. The van der Waals surface area contributed by atoms with Crippen LogP contribution in [-0.2, 0) is 11.3 Å². The highest BCUT2D eigenvalue weighted by Gasteiger charge is 2.34. The van der Waals surface area contributed by atoms with E-state index in [1.165, 1.54) is 5.56 Å². The van der Waals surface area contributed by atoms with Gasteiger partial charge in [0.15, 0.2) is 0 Å². The highest BCUT2D eigenvalue weighted by molar-refractivity contribution is 6.30. The van der Waals surface area contributed by atoms with Gasteiger partial charge >= 0.3 is 0 Å². The van der Waals surface area contributed by atoms with E-state index >= 15 is 0 Å². The van der Waals surface area contributed by atoms with Crippen LogP contribution < -0.4 is 0 Å². The predicted octanol–water partition coefficient (Wildman–Crippen LogP) is 5.03. The smallest absolute Gasteiger partial charge is 0.232 e. The fourth-order valence-electron chi connectivity index (χ4n) is 3.48. The number of likely N-dealkylation sites (tertiary alicyclic amines) is 1. The summed E-state index contributed by atoms with van der Waals surface area (Å²) in [5.41, 5.74) is 3.20. The average Bonchev–Trinajstić information content (AvgIpc) is 3.29. The van der Waals surface area contributed by atoms with Gasteiger partial charge in [-0.15, -0.1) is 0 Å². The van der Waals surface area contributed by atoms with Crippen molar-refractivity contribution in [3.63, 3.8) is 0 Å². The molecule has 1 aromatic heterocycles. The van der Waals surface area contributed by atoms with Crippen LogP contribution in [0.1, 0.15) is 49.1 Å². The van der Waals surface area contributed by atoms with Gasteiger partial charge in [0.25, 0.3) is 0 Å². The van der Waals surface area contributed by atoms with Crippen LogP contribution in [0.5, 0.6) is 0 Å². The van der Waals surface area contributed by atoms with Gasteiger partial charge in [0.1, 0.15) is 0 Å². The first-order valence-electron chi connectivity index (χ1n) is 9.46. The molecule has 1 atom stereocenters. The minimum absolute atomic E-state index is 0.0807. The molecule has 144 valence electrons. The maximum absolute atomic E-state index is 12.4. The Hall–Kier alpha value is -2.66. The summed E-state index contributed by atoms with van der Waals surface area (Å²) < 4.78 is 5.49. The molecule has 4 rings (SSSR count). The normalized spacial score (nSPS) is 16.9. The van der Waals surface area contributed by atoms with E-state index in [2.05, 4.69) is 36.1 Å². The van der Waals surface area contributed by atoms with Crippen molar-refractivity contribution in [3.05, 3.63) is 70.6 Å². The molecule has 0 bridgehead atoms. The van der Waals surface area contributed by atoms with E-state index in [0.29, 0.717) is 42.2 Å². The molecular weight excluding hydrogens is 374 g/mol. The van der Waals surface area contributed by atoms with Gasteiger partial charge in [0, 0.05) is 30.1 Å². The topological polar surface area (TPSA) is 59.2 Å². The standard InChI is InChI=1S/C22H22ClN3O2/c1-14(2)16-6-8-17(9-7-16)21-24-22(28-25-21)18-11-20(27)26(13-18)12-15-4-3-5-19(23)10-15/h3-10,14,18H,11-13H2,1-2H3. The summed E-state index contributed by atoms with van der Waals surface area (Å²) in [5.74, 6) is 1.56. The van der Waals surface area contributed by atoms with Crippen molar-refractivity contribution in [2.24, 2.45) is 0 Å². The monoisotopic (exact) mass is 395 g/mol. The van der Waals surface area contributed by atoms with Gasteiger partial charge in [-0.1, -0.05) is 67.0 Å². The van der Waals surface area contributed by atoms with E-state index in [1.54, 1.807) is 0 Å². The Bertz CT molecular complexity index is 981. The van der Waals surface area contributed by atoms with Gasteiger partial charge < -0.3 is 9.42 Å². The summed E-state index contributed by atoms with van der Waals surface area (Å²) >= 11 is 6.04. The van der Waals surface area contributed by atoms with E-state index in [0.717, 1.165) is 11.1 Å². The van der Waals surface area contributed by atoms with Crippen LogP contribution >= 0.6 is 11.6 Å². The van der Waals surface area contributed by atoms with Crippen molar-refractivity contribution in [3.8, 4) is 11.4 Å². The highest BCUT2D eigenvalue weighted by Crippen LogP contribution is 2.30. The molecule has 3 aromatic rings. The zero-order chi connectivity index (χ0) is 19.7. The van der Waals surface area contributed by atoms with Crippen molar-refractivity contribution in [2.45, 2.75) is 38.6 Å². The molecule has 6 heteroatoms. The minimum Gasteiger partial charge on any atom is -0.339 e. The maximum atomic E-state index is 12.4. The molecule has 1 amide bonds. The van der Waals surface area contributed by atoms with Crippen molar-refractivity contribution in [2.75, 3.05) is 6.54 Å². The summed E-state index contributed by atoms with van der Waals surface area (Å²) in [7, 11) is 0. The second-order valence-electron chi connectivity index (χ2n) is 7.54. The molecule has 0 radical (unpaired) electrons. The molecule has 0 aliphatic carbocycles. The third-order valence-corrected chi connectivity index (χ3v) is 5.34. The molecule has 1 unspecified atom stereocenters. The summed E-state index contributed by atoms with van der Waals surface area (Å²) in [5, 5.41) is 4.79. The van der Waals surface area contributed by atoms with Crippen LogP contribution in [0.4, 0.5) is 0 Å². The number of carbonyl (C=O) groups excluding carboxylic acids is 1. The molecule has 0 N–H and O–H groups in total. The quantitative estimate of drug-likeness (QED) is 0.608. The fraction of sp³-hybridized carbons (Fsp3) is 0.318. The van der Waals surface area contributed by atoms with Gasteiger partial charge in [-0.3, -0.25) is 4.79 Å². The zero-order valence-electron chi connectivity index (χ0n) is 15.9. The van der Waals surface area contributed by atoms with Gasteiger partial charge in [0.05, 0.1) is 5.92 Å². The number of hydrogen-bond donors (Lipinski definition) is 0. The number of hydrogen-bond acceptors (Lipinski definition) is 4. The number of benzene rings is 2. The fourth-order valence-corrected chi connectivity index (χ4v) is 3.69. The van der Waals surface area contributed by atoms with Gasteiger partial charge in [-0.2, -0.15) is 4.98 Å². The predicted molar refractivity (Wildman–Crippen MR) is 108 cm³/mol. The largest absolute Gasteiger partial charge is 0.339 e. The summed E-state index contributed by atoms with van der Waals surface area (Å²) in [6, 6.07) is 15.8. The molecule has 1 aliphatic heterocycles. The number of rotatable bonds is 5. The van der Waals surface area contributed by atoms with Crippen LogP contribution in [0.3, 0.4) is 0 Å². The summed E-state index contributed by atoms with van der Waals surface area (Å²) in [6.07, 6.45) is 0.383. The van der Waals surface area contributed by atoms with E-state index < -0.39 is 0 Å². The molecular formula is C22H22ClN3O2.